The topological polar surface area (TPSA) is 75.9 Å². The molecule has 1 aliphatic heterocycles. The molecule has 138 valence electrons. The Kier molecular flexibility index (Phi) is 4.55. The molecular weight excluding hydrogens is 351 g/mol. The second kappa shape index (κ2) is 7.16. The number of nitrogens with one attached hydrogen (secondary N) is 1. The first-order chi connectivity index (χ1) is 13.1. The van der Waals surface area contributed by atoms with Crippen LogP contribution in [0.5, 0.6) is 0 Å². The van der Waals surface area contributed by atoms with E-state index in [9.17, 15) is 14.0 Å². The number of anilines is 1. The second-order valence-electron chi connectivity index (χ2n) is 6.11. The Bertz CT molecular complexity index is 1010. The molecule has 0 saturated carbocycles. The van der Waals surface area contributed by atoms with Gasteiger partial charge in [0.1, 0.15) is 5.82 Å². The molecule has 0 spiro atoms. The highest BCUT2D eigenvalue weighted by molar-refractivity contribution is 6.08. The van der Waals surface area contributed by atoms with Gasteiger partial charge in [0.2, 0.25) is 5.82 Å². The predicted molar refractivity (Wildman–Crippen MR) is 96.3 cm³/mol. The van der Waals surface area contributed by atoms with Crippen LogP contribution in [0.15, 0.2) is 48.7 Å². The molecule has 2 aromatic heterocycles. The van der Waals surface area contributed by atoms with Crippen LogP contribution in [-0.2, 0) is 4.74 Å². The van der Waals surface area contributed by atoms with Crippen molar-refractivity contribution in [1.82, 2.24) is 14.3 Å². The summed E-state index contributed by atoms with van der Waals surface area (Å²) in [6.07, 6.45) is 1.69. The molecule has 0 radical (unpaired) electrons. The van der Waals surface area contributed by atoms with E-state index in [0.717, 1.165) is 0 Å². The van der Waals surface area contributed by atoms with Crippen LogP contribution in [0.3, 0.4) is 0 Å². The molecular formula is C19H17FN4O3. The number of aromatic nitrogens is 2. The Morgan fingerprint density at radius 1 is 1.11 bits per heavy atom. The lowest BCUT2D eigenvalue weighted by atomic mass is 10.2. The number of hydrogen-bond acceptors (Lipinski definition) is 4. The smallest absolute Gasteiger partial charge is 0.290 e. The van der Waals surface area contributed by atoms with Crippen molar-refractivity contribution >= 4 is 23.0 Å². The summed E-state index contributed by atoms with van der Waals surface area (Å²) in [5.41, 5.74) is 0.928. The number of pyridine rings is 1. The Balaban J connectivity index is 1.69. The van der Waals surface area contributed by atoms with Gasteiger partial charge in [0.05, 0.1) is 18.7 Å². The quantitative estimate of drug-likeness (QED) is 0.769. The summed E-state index contributed by atoms with van der Waals surface area (Å²) in [5.74, 6) is -1.06. The lowest BCUT2D eigenvalue weighted by Gasteiger charge is -2.26. The molecule has 8 heteroatoms. The van der Waals surface area contributed by atoms with E-state index in [1.807, 2.05) is 0 Å². The third-order valence-corrected chi connectivity index (χ3v) is 4.34. The van der Waals surface area contributed by atoms with E-state index >= 15 is 0 Å². The summed E-state index contributed by atoms with van der Waals surface area (Å²) < 4.78 is 20.2. The van der Waals surface area contributed by atoms with E-state index in [4.69, 9.17) is 4.74 Å². The van der Waals surface area contributed by atoms with Crippen LogP contribution in [0.1, 0.15) is 21.1 Å². The highest BCUT2D eigenvalue weighted by Gasteiger charge is 2.26. The molecule has 4 rings (SSSR count). The zero-order chi connectivity index (χ0) is 18.8. The van der Waals surface area contributed by atoms with Crippen molar-refractivity contribution in [1.29, 1.82) is 0 Å². The lowest BCUT2D eigenvalue weighted by Crippen LogP contribution is -2.41. The first-order valence-electron chi connectivity index (χ1n) is 8.54. The summed E-state index contributed by atoms with van der Waals surface area (Å²) in [5, 5.41) is 2.62. The van der Waals surface area contributed by atoms with Crippen LogP contribution in [0.4, 0.5) is 10.1 Å². The van der Waals surface area contributed by atoms with Gasteiger partial charge in [-0.3, -0.25) is 14.0 Å². The summed E-state index contributed by atoms with van der Waals surface area (Å²) in [4.78, 5) is 31.5. The Labute approximate surface area is 154 Å². The maximum atomic E-state index is 13.4. The molecule has 0 atom stereocenters. The number of rotatable bonds is 3. The van der Waals surface area contributed by atoms with E-state index in [-0.39, 0.29) is 17.4 Å². The maximum absolute atomic E-state index is 13.4. The number of hydrogen-bond donors (Lipinski definition) is 1. The predicted octanol–water partition coefficient (Wildman–Crippen LogP) is 2.20. The number of morpholine rings is 1. The Hall–Kier alpha value is -3.26. The molecule has 3 heterocycles. The normalized spacial score (nSPS) is 14.3. The number of benzene rings is 1. The van der Waals surface area contributed by atoms with Crippen LogP contribution in [-0.4, -0.2) is 52.4 Å². The average Bonchev–Trinajstić information content (AvgIpc) is 3.08. The van der Waals surface area contributed by atoms with Crippen LogP contribution < -0.4 is 5.32 Å². The highest BCUT2D eigenvalue weighted by atomic mass is 19.1. The van der Waals surface area contributed by atoms with Gasteiger partial charge in [-0.2, -0.15) is 0 Å². The van der Waals surface area contributed by atoms with E-state index in [1.54, 1.807) is 39.8 Å². The van der Waals surface area contributed by atoms with E-state index in [1.165, 1.54) is 18.2 Å². The lowest BCUT2D eigenvalue weighted by molar-refractivity contribution is 0.0294. The standard InChI is InChI=1S/C19H17FN4O3/c20-13-4-3-5-14(12-13)21-18(25)16-15-6-1-2-7-24(15)17(22-16)19(26)23-8-10-27-11-9-23/h1-7,12H,8-11H2,(H,21,25). The van der Waals surface area contributed by atoms with Crippen LogP contribution in [0, 0.1) is 5.82 Å². The molecule has 1 N–H and O–H groups in total. The van der Waals surface area contributed by atoms with Crippen molar-refractivity contribution in [3.63, 3.8) is 0 Å². The zero-order valence-electron chi connectivity index (χ0n) is 14.4. The first kappa shape index (κ1) is 17.2. The summed E-state index contributed by atoms with van der Waals surface area (Å²) >= 11 is 0. The number of nitrogens with zero attached hydrogens (tertiary/aromatic N) is 3. The third kappa shape index (κ3) is 3.39. The van der Waals surface area contributed by atoms with Gasteiger partial charge in [-0.15, -0.1) is 0 Å². The van der Waals surface area contributed by atoms with Crippen molar-refractivity contribution in [2.24, 2.45) is 0 Å². The number of amides is 2. The van der Waals surface area contributed by atoms with E-state index < -0.39 is 11.7 Å². The van der Waals surface area contributed by atoms with Gasteiger partial charge in [0.15, 0.2) is 5.69 Å². The summed E-state index contributed by atoms with van der Waals surface area (Å²) in [6, 6.07) is 10.8. The number of halogens is 1. The minimum atomic E-state index is -0.509. The van der Waals surface area contributed by atoms with Crippen molar-refractivity contribution in [3.8, 4) is 0 Å². The molecule has 27 heavy (non-hydrogen) atoms. The van der Waals surface area contributed by atoms with E-state index in [0.29, 0.717) is 37.5 Å². The SMILES string of the molecule is O=C(Nc1cccc(F)c1)c1nc(C(=O)N2CCOCC2)n2ccccc12. The molecule has 2 amide bonds. The second-order valence-corrected chi connectivity index (χ2v) is 6.11. The van der Waals surface area contributed by atoms with Gasteiger partial charge < -0.3 is 15.0 Å². The summed E-state index contributed by atoms with van der Waals surface area (Å²) in [6.45, 7) is 1.90. The fourth-order valence-electron chi connectivity index (χ4n) is 3.02. The van der Waals surface area contributed by atoms with Gasteiger partial charge in [-0.1, -0.05) is 12.1 Å². The van der Waals surface area contributed by atoms with Crippen molar-refractivity contribution < 1.29 is 18.7 Å². The molecule has 1 fully saturated rings. The molecule has 1 saturated heterocycles. The summed E-state index contributed by atoms with van der Waals surface area (Å²) in [7, 11) is 0. The molecule has 7 nitrogen and oxygen atoms in total. The molecule has 1 aromatic carbocycles. The van der Waals surface area contributed by atoms with Crippen molar-refractivity contribution in [2.75, 3.05) is 31.6 Å². The van der Waals surface area contributed by atoms with Gasteiger partial charge in [0, 0.05) is 25.0 Å². The first-order valence-corrected chi connectivity index (χ1v) is 8.54. The molecule has 0 aliphatic carbocycles. The number of carbonyl (C=O) groups excluding carboxylic acids is 2. The third-order valence-electron chi connectivity index (χ3n) is 4.34. The van der Waals surface area contributed by atoms with Crippen molar-refractivity contribution in [3.05, 3.63) is 66.0 Å². The zero-order valence-corrected chi connectivity index (χ0v) is 14.4. The fourth-order valence-corrected chi connectivity index (χ4v) is 3.02. The molecule has 0 unspecified atom stereocenters. The Morgan fingerprint density at radius 2 is 1.93 bits per heavy atom. The van der Waals surface area contributed by atoms with Gasteiger partial charge >= 0.3 is 0 Å². The highest BCUT2D eigenvalue weighted by Crippen LogP contribution is 2.18. The number of fused-ring (bicyclic) bond motifs is 1. The minimum Gasteiger partial charge on any atom is -0.378 e. The van der Waals surface area contributed by atoms with Gasteiger partial charge in [-0.05, 0) is 30.3 Å². The van der Waals surface area contributed by atoms with Gasteiger partial charge in [0.25, 0.3) is 11.8 Å². The minimum absolute atomic E-state index is 0.108. The van der Waals surface area contributed by atoms with Crippen LogP contribution >= 0.6 is 0 Å². The maximum Gasteiger partial charge on any atom is 0.290 e. The largest absolute Gasteiger partial charge is 0.378 e. The van der Waals surface area contributed by atoms with E-state index in [2.05, 4.69) is 10.3 Å². The molecule has 0 bridgehead atoms. The van der Waals surface area contributed by atoms with Gasteiger partial charge in [-0.25, -0.2) is 9.37 Å². The number of carbonyl (C=O) groups is 2. The fraction of sp³-hybridized carbons (Fsp3) is 0.211. The molecule has 1 aliphatic rings. The number of imidazole rings is 1. The van der Waals surface area contributed by atoms with Crippen molar-refractivity contribution in [2.45, 2.75) is 0 Å². The van der Waals surface area contributed by atoms with Crippen LogP contribution in [0.25, 0.3) is 5.52 Å². The van der Waals surface area contributed by atoms with Crippen LogP contribution in [0.2, 0.25) is 0 Å². The molecule has 3 aromatic rings. The average molecular weight is 368 g/mol. The Morgan fingerprint density at radius 3 is 2.70 bits per heavy atom. The monoisotopic (exact) mass is 368 g/mol. The number of ether oxygens (including phenoxy) is 1.